The van der Waals surface area contributed by atoms with E-state index >= 15 is 0 Å². The topological polar surface area (TPSA) is 16.1 Å². The van der Waals surface area contributed by atoms with E-state index in [-0.39, 0.29) is 6.54 Å². The molecule has 80 valence electrons. The fourth-order valence-electron chi connectivity index (χ4n) is 0.985. The van der Waals surface area contributed by atoms with E-state index < -0.39 is 12.7 Å². The molecule has 0 aromatic carbocycles. The molecule has 14 heavy (non-hydrogen) atoms. The molecular formula is C7H8ClF3N2S. The van der Waals surface area contributed by atoms with Gasteiger partial charge in [-0.2, -0.15) is 13.2 Å². The number of hydrogen-bond donors (Lipinski definition) is 0. The van der Waals surface area contributed by atoms with Crippen molar-refractivity contribution in [2.24, 2.45) is 0 Å². The highest BCUT2D eigenvalue weighted by Gasteiger charge is 2.29. The monoisotopic (exact) mass is 244 g/mol. The van der Waals surface area contributed by atoms with Gasteiger partial charge < -0.3 is 0 Å². The van der Waals surface area contributed by atoms with Crippen molar-refractivity contribution in [2.45, 2.75) is 12.7 Å². The van der Waals surface area contributed by atoms with Gasteiger partial charge >= 0.3 is 6.18 Å². The predicted octanol–water partition coefficient (Wildman–Crippen LogP) is 2.79. The number of aromatic nitrogens is 1. The number of nitrogens with zero attached hydrogens (tertiary/aromatic N) is 2. The SMILES string of the molecule is CN(Cc1cnc(Cl)s1)CC(F)(F)F. The zero-order valence-electron chi connectivity index (χ0n) is 7.31. The summed E-state index contributed by atoms with van der Waals surface area (Å²) in [6, 6.07) is 0. The summed E-state index contributed by atoms with van der Waals surface area (Å²) in [4.78, 5) is 5.64. The standard InChI is InChI=1S/C7H8ClF3N2S/c1-13(4-7(9,10)11)3-5-2-12-6(8)14-5/h2H,3-4H2,1H3. The summed E-state index contributed by atoms with van der Waals surface area (Å²) in [5, 5.41) is 0. The van der Waals surface area contributed by atoms with E-state index in [2.05, 4.69) is 4.98 Å². The summed E-state index contributed by atoms with van der Waals surface area (Å²) in [5.41, 5.74) is 0. The Morgan fingerprint density at radius 2 is 2.21 bits per heavy atom. The van der Waals surface area contributed by atoms with Gasteiger partial charge in [0.25, 0.3) is 0 Å². The zero-order valence-corrected chi connectivity index (χ0v) is 8.88. The maximum Gasteiger partial charge on any atom is 0.401 e. The lowest BCUT2D eigenvalue weighted by Crippen LogP contribution is -2.30. The third-order valence-electron chi connectivity index (χ3n) is 1.40. The van der Waals surface area contributed by atoms with Crippen LogP contribution in [0, 0.1) is 0 Å². The van der Waals surface area contributed by atoms with Crippen molar-refractivity contribution in [1.82, 2.24) is 9.88 Å². The van der Waals surface area contributed by atoms with Gasteiger partial charge in [0.2, 0.25) is 0 Å². The molecule has 2 nitrogen and oxygen atoms in total. The normalized spacial score (nSPS) is 12.4. The lowest BCUT2D eigenvalue weighted by molar-refractivity contribution is -0.143. The summed E-state index contributed by atoms with van der Waals surface area (Å²) >= 11 is 6.73. The van der Waals surface area contributed by atoms with Crippen LogP contribution in [0.15, 0.2) is 6.20 Å². The second-order valence-corrected chi connectivity index (χ2v) is 4.56. The Balaban J connectivity index is 2.45. The number of hydrogen-bond acceptors (Lipinski definition) is 3. The molecule has 1 aromatic heterocycles. The van der Waals surface area contributed by atoms with Crippen LogP contribution in [0.4, 0.5) is 13.2 Å². The molecule has 0 amide bonds. The van der Waals surface area contributed by atoms with Crippen LogP contribution in [-0.2, 0) is 6.54 Å². The Kier molecular flexibility index (Phi) is 3.74. The van der Waals surface area contributed by atoms with Gasteiger partial charge in [-0.3, -0.25) is 4.90 Å². The maximum absolute atomic E-state index is 11.9. The Labute approximate surface area is 88.3 Å². The van der Waals surface area contributed by atoms with Gasteiger partial charge in [-0.15, -0.1) is 11.3 Å². The van der Waals surface area contributed by atoms with Crippen molar-refractivity contribution in [3.05, 3.63) is 15.5 Å². The van der Waals surface area contributed by atoms with E-state index in [0.29, 0.717) is 4.47 Å². The van der Waals surface area contributed by atoms with E-state index in [1.165, 1.54) is 29.5 Å². The molecule has 0 fully saturated rings. The van der Waals surface area contributed by atoms with E-state index in [9.17, 15) is 13.2 Å². The fraction of sp³-hybridized carbons (Fsp3) is 0.571. The van der Waals surface area contributed by atoms with Gasteiger partial charge in [0, 0.05) is 17.6 Å². The van der Waals surface area contributed by atoms with Crippen molar-refractivity contribution < 1.29 is 13.2 Å². The lowest BCUT2D eigenvalue weighted by atomic mass is 10.4. The smallest absolute Gasteiger partial charge is 0.293 e. The van der Waals surface area contributed by atoms with Crippen molar-refractivity contribution in [1.29, 1.82) is 0 Å². The summed E-state index contributed by atoms with van der Waals surface area (Å²) in [6.07, 6.45) is -2.68. The lowest BCUT2D eigenvalue weighted by Gasteiger charge is -2.16. The maximum atomic E-state index is 11.9. The van der Waals surface area contributed by atoms with E-state index in [1.54, 1.807) is 0 Å². The van der Waals surface area contributed by atoms with E-state index in [4.69, 9.17) is 11.6 Å². The Morgan fingerprint density at radius 3 is 2.64 bits per heavy atom. The van der Waals surface area contributed by atoms with Crippen LogP contribution in [0.5, 0.6) is 0 Å². The molecule has 7 heteroatoms. The molecule has 0 aliphatic rings. The fourth-order valence-corrected chi connectivity index (χ4v) is 2.04. The summed E-state index contributed by atoms with van der Waals surface area (Å²) in [7, 11) is 1.40. The molecule has 1 rings (SSSR count). The van der Waals surface area contributed by atoms with Gasteiger partial charge in [-0.25, -0.2) is 4.98 Å². The number of alkyl halides is 3. The van der Waals surface area contributed by atoms with Crippen LogP contribution < -0.4 is 0 Å². The number of halogens is 4. The van der Waals surface area contributed by atoms with Crippen LogP contribution in [0.3, 0.4) is 0 Å². The quantitative estimate of drug-likeness (QED) is 0.813. The van der Waals surface area contributed by atoms with Crippen molar-refractivity contribution >= 4 is 22.9 Å². The average Bonchev–Trinajstić information content (AvgIpc) is 2.30. The Bertz CT molecular complexity index is 299. The summed E-state index contributed by atoms with van der Waals surface area (Å²) in [6.45, 7) is -0.716. The van der Waals surface area contributed by atoms with Gasteiger partial charge in [0.05, 0.1) is 6.54 Å². The van der Waals surface area contributed by atoms with Gasteiger partial charge in [0.15, 0.2) is 4.47 Å². The van der Waals surface area contributed by atoms with Crippen LogP contribution in [-0.4, -0.2) is 29.7 Å². The summed E-state index contributed by atoms with van der Waals surface area (Å²) in [5.74, 6) is 0. The molecular weight excluding hydrogens is 237 g/mol. The molecule has 0 saturated carbocycles. The van der Waals surface area contributed by atoms with Gasteiger partial charge in [-0.05, 0) is 7.05 Å². The predicted molar refractivity (Wildman–Crippen MR) is 49.5 cm³/mol. The molecule has 1 heterocycles. The average molecular weight is 245 g/mol. The van der Waals surface area contributed by atoms with E-state index in [1.807, 2.05) is 0 Å². The van der Waals surface area contributed by atoms with Crippen LogP contribution in [0.2, 0.25) is 4.47 Å². The molecule has 0 aliphatic carbocycles. The minimum absolute atomic E-state index is 0.212. The molecule has 0 saturated heterocycles. The highest BCUT2D eigenvalue weighted by atomic mass is 35.5. The molecule has 0 unspecified atom stereocenters. The first kappa shape index (κ1) is 11.7. The summed E-state index contributed by atoms with van der Waals surface area (Å²) < 4.78 is 36.1. The van der Waals surface area contributed by atoms with Crippen molar-refractivity contribution in [3.63, 3.8) is 0 Å². The first-order chi connectivity index (χ1) is 6.37. The van der Waals surface area contributed by atoms with Gasteiger partial charge in [-0.1, -0.05) is 11.6 Å². The molecule has 0 N–H and O–H groups in total. The highest BCUT2D eigenvalue weighted by Crippen LogP contribution is 2.21. The van der Waals surface area contributed by atoms with E-state index in [0.717, 1.165) is 4.88 Å². The molecule has 0 spiro atoms. The minimum Gasteiger partial charge on any atom is -0.293 e. The van der Waals surface area contributed by atoms with Crippen molar-refractivity contribution in [3.8, 4) is 0 Å². The molecule has 0 atom stereocenters. The number of rotatable bonds is 3. The Morgan fingerprint density at radius 1 is 1.57 bits per heavy atom. The van der Waals surface area contributed by atoms with Crippen LogP contribution in [0.1, 0.15) is 4.88 Å². The second kappa shape index (κ2) is 4.46. The second-order valence-electron chi connectivity index (χ2n) is 2.87. The largest absolute Gasteiger partial charge is 0.401 e. The highest BCUT2D eigenvalue weighted by molar-refractivity contribution is 7.15. The van der Waals surface area contributed by atoms with Gasteiger partial charge in [0.1, 0.15) is 0 Å². The minimum atomic E-state index is -4.16. The first-order valence-corrected chi connectivity index (χ1v) is 4.92. The first-order valence-electron chi connectivity index (χ1n) is 3.72. The molecule has 1 aromatic rings. The zero-order chi connectivity index (χ0) is 10.8. The van der Waals surface area contributed by atoms with Crippen molar-refractivity contribution in [2.75, 3.05) is 13.6 Å². The number of thiazole rings is 1. The molecule has 0 aliphatic heterocycles. The Hall–Kier alpha value is -0.330. The van der Waals surface area contributed by atoms with Crippen LogP contribution in [0.25, 0.3) is 0 Å². The molecule has 0 bridgehead atoms. The third kappa shape index (κ3) is 4.26. The van der Waals surface area contributed by atoms with Crippen LogP contribution >= 0.6 is 22.9 Å². The molecule has 0 radical (unpaired) electrons. The third-order valence-corrected chi connectivity index (χ3v) is 2.50.